The second kappa shape index (κ2) is 6.99. The Morgan fingerprint density at radius 3 is 3.10 bits per heavy atom. The largest absolute Gasteiger partial charge is 0.333 e. The van der Waals surface area contributed by atoms with Gasteiger partial charge in [0.15, 0.2) is 0 Å². The molecule has 1 aliphatic heterocycles. The molecule has 0 amide bonds. The minimum atomic E-state index is 0.233. The van der Waals surface area contributed by atoms with Crippen LogP contribution in [0.4, 0.5) is 0 Å². The maximum Gasteiger partial charge on any atom is 0.131 e. The van der Waals surface area contributed by atoms with E-state index in [9.17, 15) is 0 Å². The summed E-state index contributed by atoms with van der Waals surface area (Å²) in [4.78, 5) is 7.65. The van der Waals surface area contributed by atoms with Crippen molar-refractivity contribution in [3.63, 3.8) is 0 Å². The van der Waals surface area contributed by atoms with E-state index in [1.54, 1.807) is 10.4 Å². The van der Waals surface area contributed by atoms with Crippen LogP contribution in [-0.2, 0) is 18.7 Å². The van der Waals surface area contributed by atoms with Gasteiger partial charge in [-0.2, -0.15) is 11.8 Å². The molecule has 0 aliphatic carbocycles. The van der Waals surface area contributed by atoms with Gasteiger partial charge in [0.1, 0.15) is 11.9 Å². The van der Waals surface area contributed by atoms with Crippen LogP contribution in [0.3, 0.4) is 0 Å². The first-order valence-corrected chi connectivity index (χ1v) is 9.74. The van der Waals surface area contributed by atoms with E-state index in [0.29, 0.717) is 0 Å². The second-order valence-electron chi connectivity index (χ2n) is 5.37. The molecule has 2 aromatic rings. The van der Waals surface area contributed by atoms with Crippen LogP contribution in [0, 0.1) is 0 Å². The molecule has 3 nitrogen and oxygen atoms in total. The number of fused-ring (bicyclic) bond motifs is 1. The third-order valence-corrected chi connectivity index (χ3v) is 6.12. The van der Waals surface area contributed by atoms with Gasteiger partial charge in [0, 0.05) is 34.4 Å². The van der Waals surface area contributed by atoms with Gasteiger partial charge < -0.3 is 9.88 Å². The number of aromatic nitrogens is 2. The summed E-state index contributed by atoms with van der Waals surface area (Å²) in [6.45, 7) is 6.38. The molecule has 2 aromatic heterocycles. The molecule has 1 unspecified atom stereocenters. The van der Waals surface area contributed by atoms with Crippen molar-refractivity contribution in [2.24, 2.45) is 0 Å². The Hall–Kier alpha value is -0.780. The number of imidazole rings is 1. The van der Waals surface area contributed by atoms with Crippen LogP contribution in [0.1, 0.15) is 47.5 Å². The molecule has 1 aliphatic rings. The van der Waals surface area contributed by atoms with Gasteiger partial charge >= 0.3 is 0 Å². The predicted molar refractivity (Wildman–Crippen MR) is 92.2 cm³/mol. The summed E-state index contributed by atoms with van der Waals surface area (Å²) in [5.41, 5.74) is 1.54. The van der Waals surface area contributed by atoms with Gasteiger partial charge in [-0.1, -0.05) is 13.8 Å². The summed E-state index contributed by atoms with van der Waals surface area (Å²) in [6, 6.07) is 2.64. The van der Waals surface area contributed by atoms with E-state index in [-0.39, 0.29) is 6.04 Å². The van der Waals surface area contributed by atoms with Crippen molar-refractivity contribution in [2.45, 2.75) is 45.0 Å². The van der Waals surface area contributed by atoms with Gasteiger partial charge in [-0.05, 0) is 36.8 Å². The van der Waals surface area contributed by atoms with Crippen molar-refractivity contribution in [3.8, 4) is 0 Å². The smallest absolute Gasteiger partial charge is 0.131 e. The molecule has 0 saturated carbocycles. The van der Waals surface area contributed by atoms with Crippen LogP contribution >= 0.6 is 23.1 Å². The Kier molecular flexibility index (Phi) is 5.03. The van der Waals surface area contributed by atoms with Crippen LogP contribution in [-0.4, -0.2) is 21.8 Å². The normalized spacial score (nSPS) is 15.9. The average molecular weight is 322 g/mol. The molecule has 0 aromatic carbocycles. The quantitative estimate of drug-likeness (QED) is 0.876. The molecule has 0 fully saturated rings. The zero-order valence-electron chi connectivity index (χ0n) is 12.8. The zero-order chi connectivity index (χ0) is 14.7. The van der Waals surface area contributed by atoms with E-state index in [4.69, 9.17) is 0 Å². The molecule has 3 rings (SSSR count). The Balaban J connectivity index is 1.93. The fourth-order valence-electron chi connectivity index (χ4n) is 2.85. The lowest BCUT2D eigenvalue weighted by atomic mass is 10.1. The summed E-state index contributed by atoms with van der Waals surface area (Å²) < 4.78 is 2.29. The minimum absolute atomic E-state index is 0.233. The fraction of sp³-hybridized carbons (Fsp3) is 0.562. The monoisotopic (exact) mass is 321 g/mol. The van der Waals surface area contributed by atoms with Gasteiger partial charge in [-0.15, -0.1) is 11.3 Å². The topological polar surface area (TPSA) is 29.9 Å². The van der Waals surface area contributed by atoms with Crippen molar-refractivity contribution < 1.29 is 0 Å². The first-order valence-electron chi connectivity index (χ1n) is 7.77. The minimum Gasteiger partial charge on any atom is -0.333 e. The van der Waals surface area contributed by atoms with Crippen molar-refractivity contribution in [1.29, 1.82) is 0 Å². The summed E-state index contributed by atoms with van der Waals surface area (Å²) in [7, 11) is 0. The number of thioether (sulfide) groups is 1. The van der Waals surface area contributed by atoms with Crippen LogP contribution < -0.4 is 5.32 Å². The highest BCUT2D eigenvalue weighted by molar-refractivity contribution is 7.98. The zero-order valence-corrected chi connectivity index (χ0v) is 14.4. The molecule has 1 atom stereocenters. The second-order valence-corrected chi connectivity index (χ2v) is 7.64. The number of thiophene rings is 1. The number of hydrogen-bond donors (Lipinski definition) is 1. The van der Waals surface area contributed by atoms with Crippen molar-refractivity contribution >= 4 is 23.1 Å². The Bertz CT molecular complexity index is 565. The molecule has 1 N–H and O–H groups in total. The predicted octanol–water partition coefficient (Wildman–Crippen LogP) is 3.84. The van der Waals surface area contributed by atoms with Crippen molar-refractivity contribution in [3.05, 3.63) is 39.6 Å². The fourth-order valence-corrected chi connectivity index (χ4v) is 5.30. The standard InChI is InChI=1S/C16H23N3S2/c1-3-7-19-8-6-18-16(19)15(17-4-2)14-10-12-11-20-9-5-13(12)21-14/h6,8,10,15,17H,3-5,7,9,11H2,1-2H3. The Morgan fingerprint density at radius 2 is 2.33 bits per heavy atom. The summed E-state index contributed by atoms with van der Waals surface area (Å²) >= 11 is 4.03. The van der Waals surface area contributed by atoms with Gasteiger partial charge in [0.05, 0.1) is 0 Å². The summed E-state index contributed by atoms with van der Waals surface area (Å²) in [5, 5.41) is 3.63. The van der Waals surface area contributed by atoms with Gasteiger partial charge in [0.2, 0.25) is 0 Å². The third-order valence-electron chi connectivity index (χ3n) is 3.81. The van der Waals surface area contributed by atoms with E-state index in [1.807, 2.05) is 17.5 Å². The maximum atomic E-state index is 4.64. The van der Waals surface area contributed by atoms with Crippen molar-refractivity contribution in [2.75, 3.05) is 12.3 Å². The highest BCUT2D eigenvalue weighted by atomic mass is 32.2. The first kappa shape index (κ1) is 15.1. The number of nitrogens with zero attached hydrogens (tertiary/aromatic N) is 2. The molecular weight excluding hydrogens is 298 g/mol. The Morgan fingerprint density at radius 1 is 1.43 bits per heavy atom. The summed E-state index contributed by atoms with van der Waals surface area (Å²) in [5.74, 6) is 3.60. The SMILES string of the molecule is CCCn1ccnc1C(NCC)c1cc2c(s1)CCSC2. The van der Waals surface area contributed by atoms with E-state index in [2.05, 4.69) is 52.7 Å². The molecule has 0 spiro atoms. The maximum absolute atomic E-state index is 4.64. The lowest BCUT2D eigenvalue weighted by Gasteiger charge is -2.17. The van der Waals surface area contributed by atoms with Gasteiger partial charge in [-0.3, -0.25) is 0 Å². The van der Waals surface area contributed by atoms with E-state index in [1.165, 1.54) is 22.8 Å². The van der Waals surface area contributed by atoms with Crippen LogP contribution in [0.2, 0.25) is 0 Å². The summed E-state index contributed by atoms with van der Waals surface area (Å²) in [6.07, 6.45) is 6.40. The molecule has 0 bridgehead atoms. The lowest BCUT2D eigenvalue weighted by molar-refractivity contribution is 0.549. The van der Waals surface area contributed by atoms with Crippen LogP contribution in [0.15, 0.2) is 18.5 Å². The number of aryl methyl sites for hydroxylation is 2. The van der Waals surface area contributed by atoms with Crippen molar-refractivity contribution in [1.82, 2.24) is 14.9 Å². The molecule has 114 valence electrons. The van der Waals surface area contributed by atoms with Crippen LogP contribution in [0.25, 0.3) is 0 Å². The van der Waals surface area contributed by atoms with Gasteiger partial charge in [0.25, 0.3) is 0 Å². The molecule has 5 heteroatoms. The van der Waals surface area contributed by atoms with E-state index >= 15 is 0 Å². The first-order chi connectivity index (χ1) is 10.3. The van der Waals surface area contributed by atoms with Gasteiger partial charge in [-0.25, -0.2) is 4.98 Å². The number of rotatable bonds is 6. The number of hydrogen-bond acceptors (Lipinski definition) is 4. The highest BCUT2D eigenvalue weighted by Crippen LogP contribution is 2.36. The molecular formula is C16H23N3S2. The third kappa shape index (κ3) is 3.20. The number of nitrogens with one attached hydrogen (secondary N) is 1. The molecule has 21 heavy (non-hydrogen) atoms. The molecule has 0 saturated heterocycles. The van der Waals surface area contributed by atoms with E-state index < -0.39 is 0 Å². The Labute approximate surface area is 135 Å². The molecule has 3 heterocycles. The average Bonchev–Trinajstić information content (AvgIpc) is 3.11. The van der Waals surface area contributed by atoms with E-state index in [0.717, 1.165) is 25.3 Å². The van der Waals surface area contributed by atoms with Crippen LogP contribution in [0.5, 0.6) is 0 Å². The lowest BCUT2D eigenvalue weighted by Crippen LogP contribution is -2.24. The molecule has 0 radical (unpaired) electrons. The highest BCUT2D eigenvalue weighted by Gasteiger charge is 2.23.